The quantitative estimate of drug-likeness (QED) is 0.456. The Labute approximate surface area is 178 Å². The fourth-order valence-corrected chi connectivity index (χ4v) is 4.61. The van der Waals surface area contributed by atoms with Gasteiger partial charge in [-0.3, -0.25) is 14.2 Å². The number of carbonyl (C=O) groups excluding carboxylic acids is 1. The summed E-state index contributed by atoms with van der Waals surface area (Å²) in [4.78, 5) is 32.5. The maximum atomic E-state index is 13.3. The number of fused-ring (bicyclic) bond motifs is 1. The fourth-order valence-electron chi connectivity index (χ4n) is 3.52. The van der Waals surface area contributed by atoms with Crippen LogP contribution in [0.15, 0.2) is 52.4 Å². The van der Waals surface area contributed by atoms with E-state index in [1.807, 2.05) is 42.2 Å². The lowest BCUT2D eigenvalue weighted by Crippen LogP contribution is -2.36. The molecule has 3 aromatic rings. The second-order valence-electron chi connectivity index (χ2n) is 7.22. The number of piperidine rings is 1. The molecule has 5 nitrogen and oxygen atoms in total. The minimum Gasteiger partial charge on any atom is -0.342 e. The molecule has 4 rings (SSSR count). The first-order valence-electron chi connectivity index (χ1n) is 9.73. The highest BCUT2D eigenvalue weighted by Gasteiger charge is 2.19. The number of para-hydroxylation sites is 1. The van der Waals surface area contributed by atoms with Crippen molar-refractivity contribution in [1.29, 1.82) is 0 Å². The molecule has 1 saturated heterocycles. The first-order chi connectivity index (χ1) is 14.0. The molecule has 7 heteroatoms. The van der Waals surface area contributed by atoms with E-state index >= 15 is 0 Å². The maximum absolute atomic E-state index is 13.3. The minimum atomic E-state index is -0.163. The van der Waals surface area contributed by atoms with Gasteiger partial charge in [0.1, 0.15) is 0 Å². The first-order valence-corrected chi connectivity index (χ1v) is 11.1. The Kier molecular flexibility index (Phi) is 5.92. The Morgan fingerprint density at radius 3 is 2.66 bits per heavy atom. The largest absolute Gasteiger partial charge is 0.342 e. The zero-order valence-electron chi connectivity index (χ0n) is 16.2. The number of amides is 1. The molecule has 1 aromatic heterocycles. The van der Waals surface area contributed by atoms with Crippen LogP contribution in [0.2, 0.25) is 5.02 Å². The Bertz CT molecular complexity index is 1120. The summed E-state index contributed by atoms with van der Waals surface area (Å²) < 4.78 is 1.56. The third-order valence-corrected chi connectivity index (χ3v) is 6.52. The molecule has 0 N–H and O–H groups in total. The van der Waals surface area contributed by atoms with E-state index < -0.39 is 0 Å². The van der Waals surface area contributed by atoms with E-state index in [0.29, 0.717) is 26.8 Å². The lowest BCUT2D eigenvalue weighted by molar-refractivity contribution is -0.129. The molecule has 0 unspecified atom stereocenters. The van der Waals surface area contributed by atoms with Gasteiger partial charge < -0.3 is 4.90 Å². The van der Waals surface area contributed by atoms with Gasteiger partial charge in [-0.2, -0.15) is 0 Å². The number of nitrogens with zero attached hydrogens (tertiary/aromatic N) is 3. The molecule has 0 saturated carbocycles. The molecule has 1 aliphatic heterocycles. The van der Waals surface area contributed by atoms with Crippen LogP contribution in [-0.2, 0) is 4.79 Å². The zero-order chi connectivity index (χ0) is 20.4. The molecule has 2 heterocycles. The summed E-state index contributed by atoms with van der Waals surface area (Å²) in [6.07, 6.45) is 3.28. The van der Waals surface area contributed by atoms with Crippen molar-refractivity contribution in [3.63, 3.8) is 0 Å². The van der Waals surface area contributed by atoms with Gasteiger partial charge in [-0.15, -0.1) is 0 Å². The highest BCUT2D eigenvalue weighted by molar-refractivity contribution is 7.99. The molecular formula is C22H22ClN3O2S. The van der Waals surface area contributed by atoms with Crippen molar-refractivity contribution in [2.45, 2.75) is 31.3 Å². The van der Waals surface area contributed by atoms with E-state index in [2.05, 4.69) is 0 Å². The van der Waals surface area contributed by atoms with E-state index in [1.54, 1.807) is 16.7 Å². The third-order valence-electron chi connectivity index (χ3n) is 5.19. The van der Waals surface area contributed by atoms with Crippen LogP contribution < -0.4 is 5.56 Å². The highest BCUT2D eigenvalue weighted by atomic mass is 35.5. The van der Waals surface area contributed by atoms with Gasteiger partial charge in [-0.25, -0.2) is 4.98 Å². The highest BCUT2D eigenvalue weighted by Crippen LogP contribution is 2.25. The summed E-state index contributed by atoms with van der Waals surface area (Å²) in [7, 11) is 0. The van der Waals surface area contributed by atoms with Crippen molar-refractivity contribution in [1.82, 2.24) is 14.5 Å². The molecule has 150 valence electrons. The van der Waals surface area contributed by atoms with Crippen LogP contribution in [0.1, 0.15) is 24.8 Å². The van der Waals surface area contributed by atoms with E-state index in [4.69, 9.17) is 16.6 Å². The maximum Gasteiger partial charge on any atom is 0.266 e. The van der Waals surface area contributed by atoms with Crippen molar-refractivity contribution in [3.05, 3.63) is 63.4 Å². The number of aromatic nitrogens is 2. The molecule has 29 heavy (non-hydrogen) atoms. The number of halogens is 1. The molecular weight excluding hydrogens is 406 g/mol. The molecule has 1 aliphatic rings. The number of carbonyl (C=O) groups is 1. The van der Waals surface area contributed by atoms with Gasteiger partial charge >= 0.3 is 0 Å². The summed E-state index contributed by atoms with van der Waals surface area (Å²) in [6, 6.07) is 12.8. The van der Waals surface area contributed by atoms with Crippen LogP contribution in [-0.4, -0.2) is 39.2 Å². The van der Waals surface area contributed by atoms with Crippen LogP contribution in [0.3, 0.4) is 0 Å². The second-order valence-corrected chi connectivity index (χ2v) is 8.57. The Hall–Kier alpha value is -2.31. The Morgan fingerprint density at radius 1 is 1.14 bits per heavy atom. The van der Waals surface area contributed by atoms with Crippen molar-refractivity contribution < 1.29 is 4.79 Å². The molecule has 2 aromatic carbocycles. The molecule has 0 aliphatic carbocycles. The van der Waals surface area contributed by atoms with Gasteiger partial charge in [0, 0.05) is 18.1 Å². The molecule has 0 spiro atoms. The van der Waals surface area contributed by atoms with E-state index in [9.17, 15) is 9.59 Å². The molecule has 1 amide bonds. The van der Waals surface area contributed by atoms with Gasteiger partial charge in [0.15, 0.2) is 5.16 Å². The van der Waals surface area contributed by atoms with Crippen LogP contribution in [0.25, 0.3) is 16.6 Å². The van der Waals surface area contributed by atoms with E-state index in [0.717, 1.165) is 31.5 Å². The summed E-state index contributed by atoms with van der Waals surface area (Å²) in [6.45, 7) is 3.54. The van der Waals surface area contributed by atoms with Gasteiger partial charge in [-0.1, -0.05) is 41.6 Å². The number of hydrogen-bond donors (Lipinski definition) is 0. The molecule has 0 radical (unpaired) electrons. The average molecular weight is 428 g/mol. The average Bonchev–Trinajstić information content (AvgIpc) is 2.75. The molecule has 0 atom stereocenters. The molecule has 0 bridgehead atoms. The van der Waals surface area contributed by atoms with Crippen molar-refractivity contribution in [2.24, 2.45) is 0 Å². The van der Waals surface area contributed by atoms with Gasteiger partial charge in [0.05, 0.1) is 22.3 Å². The fraction of sp³-hybridized carbons (Fsp3) is 0.318. The van der Waals surface area contributed by atoms with Crippen LogP contribution in [0.5, 0.6) is 0 Å². The summed E-state index contributed by atoms with van der Waals surface area (Å²) in [5, 5.41) is 1.62. The van der Waals surface area contributed by atoms with Crippen molar-refractivity contribution >= 4 is 40.2 Å². The monoisotopic (exact) mass is 427 g/mol. The third kappa shape index (κ3) is 4.19. The number of aryl methyl sites for hydroxylation is 1. The first kappa shape index (κ1) is 20.0. The van der Waals surface area contributed by atoms with Gasteiger partial charge in [0.2, 0.25) is 5.91 Å². The number of hydrogen-bond acceptors (Lipinski definition) is 4. The van der Waals surface area contributed by atoms with Gasteiger partial charge in [0.25, 0.3) is 5.56 Å². The molecule has 1 fully saturated rings. The zero-order valence-corrected chi connectivity index (χ0v) is 17.8. The number of benzene rings is 2. The standard InChI is InChI=1S/C22H22ClN3O2S/c1-15-9-10-16(13-18(15)23)26-21(28)17-7-3-4-8-19(17)24-22(26)29-14-20(27)25-11-5-2-6-12-25/h3-4,7-10,13H,2,5-6,11-12,14H2,1H3. The van der Waals surface area contributed by atoms with E-state index in [1.165, 1.54) is 18.2 Å². The lowest BCUT2D eigenvalue weighted by Gasteiger charge is -2.26. The van der Waals surface area contributed by atoms with Crippen LogP contribution in [0.4, 0.5) is 0 Å². The summed E-state index contributed by atoms with van der Waals surface area (Å²) in [5.41, 5.74) is 2.05. The number of rotatable bonds is 4. The van der Waals surface area contributed by atoms with E-state index in [-0.39, 0.29) is 17.2 Å². The SMILES string of the molecule is Cc1ccc(-n2c(SCC(=O)N3CCCCC3)nc3ccccc3c2=O)cc1Cl. The summed E-state index contributed by atoms with van der Waals surface area (Å²) >= 11 is 7.61. The minimum absolute atomic E-state index is 0.0885. The number of thioether (sulfide) groups is 1. The van der Waals surface area contributed by atoms with Crippen LogP contribution in [0, 0.1) is 6.92 Å². The normalized spacial score (nSPS) is 14.3. The number of likely N-dealkylation sites (tertiary alicyclic amines) is 1. The second kappa shape index (κ2) is 8.59. The topological polar surface area (TPSA) is 55.2 Å². The lowest BCUT2D eigenvalue weighted by atomic mass is 10.1. The van der Waals surface area contributed by atoms with Gasteiger partial charge in [-0.05, 0) is 56.0 Å². The summed E-state index contributed by atoms with van der Waals surface area (Å²) in [5.74, 6) is 0.343. The Morgan fingerprint density at radius 2 is 1.90 bits per heavy atom. The predicted octanol–water partition coefficient (Wildman–Crippen LogP) is 4.45. The Balaban J connectivity index is 1.74. The smallest absolute Gasteiger partial charge is 0.266 e. The van der Waals surface area contributed by atoms with Crippen molar-refractivity contribution in [3.8, 4) is 5.69 Å². The van der Waals surface area contributed by atoms with Crippen molar-refractivity contribution in [2.75, 3.05) is 18.8 Å². The van der Waals surface area contributed by atoms with Crippen LogP contribution >= 0.6 is 23.4 Å². The predicted molar refractivity (Wildman–Crippen MR) is 118 cm³/mol.